The van der Waals surface area contributed by atoms with E-state index < -0.39 is 23.4 Å². The Morgan fingerprint density at radius 1 is 1.25 bits per heavy atom. The third-order valence-corrected chi connectivity index (χ3v) is 4.46. The molecule has 28 heavy (non-hydrogen) atoms. The molecule has 3 heterocycles. The van der Waals surface area contributed by atoms with E-state index in [0.717, 1.165) is 6.42 Å². The molecular formula is C18H17N7O3. The average molecular weight is 379 g/mol. The second-order valence-electron chi connectivity index (χ2n) is 6.31. The van der Waals surface area contributed by atoms with E-state index in [-0.39, 0.29) is 12.2 Å². The summed E-state index contributed by atoms with van der Waals surface area (Å²) in [6.45, 7) is 0.348. The summed E-state index contributed by atoms with van der Waals surface area (Å²) in [5.74, 6) is -1.08. The maximum Gasteiger partial charge on any atom is 0.322 e. The van der Waals surface area contributed by atoms with Gasteiger partial charge in [-0.05, 0) is 24.6 Å². The first-order chi connectivity index (χ1) is 13.6. The van der Waals surface area contributed by atoms with Gasteiger partial charge in [0.2, 0.25) is 0 Å². The number of para-hydroxylation sites is 1. The lowest BCUT2D eigenvalue weighted by molar-refractivity contribution is -0.121. The summed E-state index contributed by atoms with van der Waals surface area (Å²) in [6.07, 6.45) is 5.64. The van der Waals surface area contributed by atoms with Gasteiger partial charge >= 0.3 is 6.03 Å². The molecule has 0 bridgehead atoms. The lowest BCUT2D eigenvalue weighted by Crippen LogP contribution is -2.60. The minimum atomic E-state index is -1.45. The predicted molar refractivity (Wildman–Crippen MR) is 99.2 cm³/mol. The van der Waals surface area contributed by atoms with E-state index in [4.69, 9.17) is 0 Å². The molecule has 2 aliphatic rings. The molecule has 1 fully saturated rings. The van der Waals surface area contributed by atoms with E-state index in [9.17, 15) is 14.4 Å². The highest BCUT2D eigenvalue weighted by molar-refractivity contribution is 6.26. The van der Waals surface area contributed by atoms with Gasteiger partial charge in [-0.3, -0.25) is 19.9 Å². The van der Waals surface area contributed by atoms with Crippen LogP contribution in [0.4, 0.5) is 4.79 Å². The SMILES string of the molecule is O=C1NC(=O)C(CNC(=O)c2cnn(-c3ccccc3)n2)(C2=NCCC=C2)N1. The van der Waals surface area contributed by atoms with Crippen molar-refractivity contribution in [2.75, 3.05) is 13.1 Å². The molecule has 0 radical (unpaired) electrons. The van der Waals surface area contributed by atoms with Gasteiger partial charge in [0.05, 0.1) is 24.1 Å². The third kappa shape index (κ3) is 3.15. The number of nitrogens with one attached hydrogen (secondary N) is 3. The number of aromatic nitrogens is 3. The van der Waals surface area contributed by atoms with Crippen LogP contribution in [0.25, 0.3) is 5.69 Å². The first kappa shape index (κ1) is 17.6. The van der Waals surface area contributed by atoms with Crippen LogP contribution in [0.15, 0.2) is 53.7 Å². The number of aliphatic imine (C=N–C) groups is 1. The fourth-order valence-corrected chi connectivity index (χ4v) is 3.03. The maximum atomic E-state index is 12.5. The van der Waals surface area contributed by atoms with Crippen molar-refractivity contribution in [1.29, 1.82) is 0 Å². The van der Waals surface area contributed by atoms with Crippen LogP contribution in [0.3, 0.4) is 0 Å². The zero-order chi connectivity index (χ0) is 19.6. The summed E-state index contributed by atoms with van der Waals surface area (Å²) >= 11 is 0. The Labute approximate surface area is 159 Å². The molecule has 4 rings (SSSR count). The molecule has 1 atom stereocenters. The second kappa shape index (κ2) is 7.06. The van der Waals surface area contributed by atoms with Crippen LogP contribution in [-0.2, 0) is 4.79 Å². The number of carbonyl (C=O) groups excluding carboxylic acids is 3. The number of hydrogen-bond acceptors (Lipinski definition) is 6. The van der Waals surface area contributed by atoms with E-state index in [2.05, 4.69) is 31.1 Å². The van der Waals surface area contributed by atoms with Crippen LogP contribution in [0, 0.1) is 0 Å². The van der Waals surface area contributed by atoms with Crippen molar-refractivity contribution in [3.05, 3.63) is 54.4 Å². The van der Waals surface area contributed by atoms with Gasteiger partial charge in [0, 0.05) is 6.54 Å². The Balaban J connectivity index is 1.52. The van der Waals surface area contributed by atoms with Crippen molar-refractivity contribution >= 4 is 23.6 Å². The summed E-state index contributed by atoms with van der Waals surface area (Å²) in [7, 11) is 0. The number of nitrogens with zero attached hydrogens (tertiary/aromatic N) is 4. The van der Waals surface area contributed by atoms with Gasteiger partial charge < -0.3 is 10.6 Å². The predicted octanol–water partition coefficient (Wildman–Crippen LogP) is -0.0238. The molecule has 1 aromatic heterocycles. The van der Waals surface area contributed by atoms with Crippen molar-refractivity contribution in [1.82, 2.24) is 30.9 Å². The average Bonchev–Trinajstić information content (AvgIpc) is 3.33. The number of benzene rings is 1. The van der Waals surface area contributed by atoms with Gasteiger partial charge in [0.25, 0.3) is 11.8 Å². The molecule has 1 unspecified atom stereocenters. The number of urea groups is 1. The van der Waals surface area contributed by atoms with E-state index in [1.165, 1.54) is 11.0 Å². The van der Waals surface area contributed by atoms with Crippen LogP contribution in [0.2, 0.25) is 0 Å². The van der Waals surface area contributed by atoms with E-state index in [0.29, 0.717) is 17.9 Å². The number of dihydropyridines is 1. The van der Waals surface area contributed by atoms with Crippen molar-refractivity contribution in [3.8, 4) is 5.69 Å². The highest BCUT2D eigenvalue weighted by Gasteiger charge is 2.50. The summed E-state index contributed by atoms with van der Waals surface area (Å²) in [6, 6.07) is 8.52. The van der Waals surface area contributed by atoms with Crippen molar-refractivity contribution in [3.63, 3.8) is 0 Å². The number of amides is 4. The number of rotatable bonds is 5. The molecule has 10 nitrogen and oxygen atoms in total. The van der Waals surface area contributed by atoms with Crippen molar-refractivity contribution < 1.29 is 14.4 Å². The molecule has 0 aliphatic carbocycles. The monoisotopic (exact) mass is 379 g/mol. The minimum absolute atomic E-state index is 0.0878. The Morgan fingerprint density at radius 2 is 2.07 bits per heavy atom. The molecule has 142 valence electrons. The third-order valence-electron chi connectivity index (χ3n) is 4.46. The Hall–Kier alpha value is -3.82. The molecule has 4 amide bonds. The molecule has 2 aliphatic heterocycles. The van der Waals surface area contributed by atoms with Crippen molar-refractivity contribution in [2.45, 2.75) is 12.0 Å². The van der Waals surface area contributed by atoms with Crippen LogP contribution >= 0.6 is 0 Å². The van der Waals surface area contributed by atoms with E-state index in [1.54, 1.807) is 6.08 Å². The molecule has 0 saturated carbocycles. The summed E-state index contributed by atoms with van der Waals surface area (Å²) in [4.78, 5) is 42.4. The summed E-state index contributed by atoms with van der Waals surface area (Å²) < 4.78 is 0. The normalized spacial score (nSPS) is 21.1. The lowest BCUT2D eigenvalue weighted by Gasteiger charge is -2.27. The molecule has 1 saturated heterocycles. The molecule has 1 aromatic carbocycles. The standard InChI is InChI=1S/C18H17N7O3/c26-15(13-10-21-25(24-13)12-6-2-1-3-7-12)20-11-18(14-8-4-5-9-19-14)16(27)22-17(28)23-18/h1-4,6-8,10H,5,9,11H2,(H,20,26)(H2,22,23,27,28). The minimum Gasteiger partial charge on any atom is -0.347 e. The Morgan fingerprint density at radius 3 is 2.75 bits per heavy atom. The molecule has 0 spiro atoms. The van der Waals surface area contributed by atoms with Gasteiger partial charge in [-0.2, -0.15) is 9.90 Å². The summed E-state index contributed by atoms with van der Waals surface area (Å²) in [5.41, 5.74) is -0.249. The molecular weight excluding hydrogens is 362 g/mol. The lowest BCUT2D eigenvalue weighted by atomic mass is 9.91. The highest BCUT2D eigenvalue weighted by Crippen LogP contribution is 2.17. The van der Waals surface area contributed by atoms with Crippen LogP contribution in [0.1, 0.15) is 16.9 Å². The van der Waals surface area contributed by atoms with Gasteiger partial charge in [0.1, 0.15) is 0 Å². The smallest absolute Gasteiger partial charge is 0.322 e. The number of hydrogen-bond donors (Lipinski definition) is 3. The zero-order valence-electron chi connectivity index (χ0n) is 14.8. The Bertz CT molecular complexity index is 996. The van der Waals surface area contributed by atoms with Gasteiger partial charge in [-0.1, -0.05) is 24.3 Å². The number of imide groups is 1. The molecule has 3 N–H and O–H groups in total. The van der Waals surface area contributed by atoms with Crippen LogP contribution in [-0.4, -0.2) is 57.2 Å². The van der Waals surface area contributed by atoms with Crippen molar-refractivity contribution in [2.24, 2.45) is 4.99 Å². The fraction of sp³-hybridized carbons (Fsp3) is 0.222. The van der Waals surface area contributed by atoms with E-state index in [1.807, 2.05) is 36.4 Å². The van der Waals surface area contributed by atoms with Gasteiger partial charge in [0.15, 0.2) is 11.2 Å². The first-order valence-corrected chi connectivity index (χ1v) is 8.69. The largest absolute Gasteiger partial charge is 0.347 e. The zero-order valence-corrected chi connectivity index (χ0v) is 14.8. The van der Waals surface area contributed by atoms with Crippen LogP contribution < -0.4 is 16.0 Å². The fourth-order valence-electron chi connectivity index (χ4n) is 3.03. The topological polar surface area (TPSA) is 130 Å². The summed E-state index contributed by atoms with van der Waals surface area (Å²) in [5, 5.41) is 15.7. The first-order valence-electron chi connectivity index (χ1n) is 8.69. The highest BCUT2D eigenvalue weighted by atomic mass is 16.2. The molecule has 2 aromatic rings. The maximum absolute atomic E-state index is 12.5. The second-order valence-corrected chi connectivity index (χ2v) is 6.31. The van der Waals surface area contributed by atoms with E-state index >= 15 is 0 Å². The van der Waals surface area contributed by atoms with Gasteiger partial charge in [-0.25, -0.2) is 4.79 Å². The Kier molecular flexibility index (Phi) is 4.44. The quantitative estimate of drug-likeness (QED) is 0.629. The molecule has 10 heteroatoms. The van der Waals surface area contributed by atoms with Crippen LogP contribution in [0.5, 0.6) is 0 Å². The van der Waals surface area contributed by atoms with Gasteiger partial charge in [-0.15, -0.1) is 5.10 Å². The number of carbonyl (C=O) groups is 3.